The Hall–Kier alpha value is -1.55. The molecule has 0 aromatic rings. The molecule has 6 nitrogen and oxygen atoms in total. The van der Waals surface area contributed by atoms with Crippen LogP contribution in [0.2, 0.25) is 0 Å². The van der Waals surface area contributed by atoms with E-state index in [0.717, 1.165) is 18.4 Å². The van der Waals surface area contributed by atoms with Crippen LogP contribution in [0.15, 0.2) is 11.3 Å². The predicted octanol–water partition coefficient (Wildman–Crippen LogP) is 2.07. The number of aliphatic hydroxyl groups excluding tert-OH is 3. The molecule has 4 N–H and O–H groups in total. The zero-order valence-corrected chi connectivity index (χ0v) is 17.4. The Morgan fingerprint density at radius 1 is 1.21 bits per heavy atom. The second-order valence-corrected chi connectivity index (χ2v) is 10.1. The minimum absolute atomic E-state index is 0.0892. The van der Waals surface area contributed by atoms with Crippen molar-refractivity contribution in [3.8, 4) is 12.3 Å². The van der Waals surface area contributed by atoms with E-state index in [4.69, 9.17) is 11.2 Å². The van der Waals surface area contributed by atoms with Crippen LogP contribution >= 0.6 is 0 Å². The molecule has 3 fully saturated rings. The Bertz CT molecular complexity index is 798. The van der Waals surface area contributed by atoms with Gasteiger partial charge in [0.1, 0.15) is 5.76 Å². The maximum absolute atomic E-state index is 11.4. The molecule has 3 saturated carbocycles. The normalized spacial score (nSPS) is 51.5. The van der Waals surface area contributed by atoms with Crippen molar-refractivity contribution >= 4 is 5.97 Å². The minimum atomic E-state index is -1.59. The quantitative estimate of drug-likeness (QED) is 0.394. The molecule has 4 aliphatic rings. The molecule has 0 aromatic heterocycles. The topological polar surface area (TPSA) is 107 Å². The van der Waals surface area contributed by atoms with Crippen LogP contribution in [0.25, 0.3) is 0 Å². The number of esters is 1. The van der Waals surface area contributed by atoms with Crippen molar-refractivity contribution in [3.05, 3.63) is 11.3 Å². The summed E-state index contributed by atoms with van der Waals surface area (Å²) >= 11 is 0. The molecule has 160 valence electrons. The van der Waals surface area contributed by atoms with Crippen molar-refractivity contribution in [2.75, 3.05) is 0 Å². The lowest BCUT2D eigenvalue weighted by molar-refractivity contribution is -0.154. The summed E-state index contributed by atoms with van der Waals surface area (Å²) in [5.74, 6) is 2.02. The van der Waals surface area contributed by atoms with E-state index in [2.05, 4.69) is 12.8 Å². The predicted molar refractivity (Wildman–Crippen MR) is 105 cm³/mol. The molecule has 9 atom stereocenters. The van der Waals surface area contributed by atoms with Crippen LogP contribution in [0.5, 0.6) is 0 Å². The molecule has 0 amide bonds. The van der Waals surface area contributed by atoms with Crippen LogP contribution < -0.4 is 0 Å². The Morgan fingerprint density at radius 3 is 2.52 bits per heavy atom. The van der Waals surface area contributed by atoms with Gasteiger partial charge in [0.15, 0.2) is 11.7 Å². The van der Waals surface area contributed by atoms with Gasteiger partial charge in [0.2, 0.25) is 0 Å². The summed E-state index contributed by atoms with van der Waals surface area (Å²) in [6, 6.07) is 0. The standard InChI is InChI=1S/C23H32O6/c1-5-23(28)18(26)11-14-19-13(6-9-22(14,23)4)21(3)8-7-17(29-12(2)24)20(27)15(21)10-16(19)25/h1,13-14,16-19,25-28H,6-11H2,2-4H3/t13-,14+,16?,17?,18?,19-,21-,22+,23?/m1/s1. The van der Waals surface area contributed by atoms with Crippen molar-refractivity contribution in [3.63, 3.8) is 0 Å². The van der Waals surface area contributed by atoms with E-state index in [1.165, 1.54) is 6.92 Å². The largest absolute Gasteiger partial charge is 0.508 e. The summed E-state index contributed by atoms with van der Waals surface area (Å²) in [5, 5.41) is 43.7. The number of fused-ring (bicyclic) bond motifs is 5. The van der Waals surface area contributed by atoms with Gasteiger partial charge in [0, 0.05) is 12.3 Å². The SMILES string of the molecule is C#CC1(O)C(O)C[C@H]2[C@@H]3C(O)CC4=C(O)C(OC(C)=O)CC[C@]4(C)[C@@H]3CC[C@@]21C. The first-order valence-corrected chi connectivity index (χ1v) is 10.7. The van der Waals surface area contributed by atoms with Gasteiger partial charge in [-0.25, -0.2) is 0 Å². The van der Waals surface area contributed by atoms with Crippen molar-refractivity contribution in [2.24, 2.45) is 28.6 Å². The van der Waals surface area contributed by atoms with Crippen molar-refractivity contribution < 1.29 is 30.0 Å². The highest BCUT2D eigenvalue weighted by Gasteiger charge is 2.68. The van der Waals surface area contributed by atoms with Crippen LogP contribution in [0.4, 0.5) is 0 Å². The van der Waals surface area contributed by atoms with Gasteiger partial charge < -0.3 is 25.2 Å². The zero-order valence-electron chi connectivity index (χ0n) is 17.4. The van der Waals surface area contributed by atoms with E-state index < -0.39 is 35.3 Å². The minimum Gasteiger partial charge on any atom is -0.508 e. The smallest absolute Gasteiger partial charge is 0.303 e. The Morgan fingerprint density at radius 2 is 1.90 bits per heavy atom. The number of hydrogen-bond acceptors (Lipinski definition) is 6. The van der Waals surface area contributed by atoms with Crippen molar-refractivity contribution in [2.45, 2.75) is 83.2 Å². The van der Waals surface area contributed by atoms with Gasteiger partial charge in [-0.3, -0.25) is 4.79 Å². The summed E-state index contributed by atoms with van der Waals surface area (Å²) in [6.07, 6.45) is 6.66. The Balaban J connectivity index is 1.73. The zero-order chi connectivity index (χ0) is 21.4. The summed E-state index contributed by atoms with van der Waals surface area (Å²) in [6.45, 7) is 5.41. The molecule has 0 aliphatic heterocycles. The van der Waals surface area contributed by atoms with Gasteiger partial charge in [-0.1, -0.05) is 19.8 Å². The van der Waals surface area contributed by atoms with Gasteiger partial charge in [0.25, 0.3) is 0 Å². The van der Waals surface area contributed by atoms with Crippen molar-refractivity contribution in [1.82, 2.24) is 0 Å². The third-order valence-corrected chi connectivity index (χ3v) is 8.99. The lowest BCUT2D eigenvalue weighted by atomic mass is 9.45. The lowest BCUT2D eigenvalue weighted by Crippen LogP contribution is -2.59. The van der Waals surface area contributed by atoms with E-state index in [1.807, 2.05) is 6.92 Å². The molecule has 29 heavy (non-hydrogen) atoms. The first-order chi connectivity index (χ1) is 13.5. The number of carbonyl (C=O) groups excluding carboxylic acids is 1. The molecule has 0 aromatic carbocycles. The van der Waals surface area contributed by atoms with E-state index in [1.54, 1.807) is 0 Å². The second kappa shape index (κ2) is 6.47. The van der Waals surface area contributed by atoms with Gasteiger partial charge in [0.05, 0.1) is 12.2 Å². The van der Waals surface area contributed by atoms with Crippen LogP contribution in [0, 0.1) is 40.9 Å². The monoisotopic (exact) mass is 404 g/mol. The molecule has 4 unspecified atom stereocenters. The van der Waals surface area contributed by atoms with E-state index in [9.17, 15) is 25.2 Å². The highest BCUT2D eigenvalue weighted by molar-refractivity contribution is 5.66. The fourth-order valence-electron chi connectivity index (χ4n) is 7.37. The van der Waals surface area contributed by atoms with Gasteiger partial charge in [-0.2, -0.15) is 0 Å². The third kappa shape index (κ3) is 2.57. The number of carbonyl (C=O) groups is 1. The maximum Gasteiger partial charge on any atom is 0.303 e. The molecule has 6 heteroatoms. The highest BCUT2D eigenvalue weighted by atomic mass is 16.6. The number of ether oxygens (including phenoxy) is 1. The van der Waals surface area contributed by atoms with Crippen LogP contribution in [0.3, 0.4) is 0 Å². The van der Waals surface area contributed by atoms with Gasteiger partial charge in [-0.05, 0) is 67.3 Å². The van der Waals surface area contributed by atoms with E-state index in [0.29, 0.717) is 25.7 Å². The van der Waals surface area contributed by atoms with Crippen LogP contribution in [-0.4, -0.2) is 50.3 Å². The molecule has 0 heterocycles. The molecule has 0 saturated heterocycles. The number of terminal acetylenes is 1. The third-order valence-electron chi connectivity index (χ3n) is 8.99. The summed E-state index contributed by atoms with van der Waals surface area (Å²) in [7, 11) is 0. The molecule has 0 spiro atoms. The van der Waals surface area contributed by atoms with E-state index in [-0.39, 0.29) is 28.9 Å². The molecular formula is C23H32O6. The fraction of sp³-hybridized carbons (Fsp3) is 0.783. The summed E-state index contributed by atoms with van der Waals surface area (Å²) < 4.78 is 5.29. The first kappa shape index (κ1) is 20.7. The average Bonchev–Trinajstić information content (AvgIpc) is 2.86. The van der Waals surface area contributed by atoms with Gasteiger partial charge >= 0.3 is 5.97 Å². The second-order valence-electron chi connectivity index (χ2n) is 10.1. The highest BCUT2D eigenvalue weighted by Crippen LogP contribution is 2.67. The van der Waals surface area contributed by atoms with Crippen LogP contribution in [0.1, 0.15) is 59.3 Å². The molecule has 0 bridgehead atoms. The molecule has 4 rings (SSSR count). The van der Waals surface area contributed by atoms with E-state index >= 15 is 0 Å². The lowest BCUT2D eigenvalue weighted by Gasteiger charge is -2.60. The Labute approximate surface area is 172 Å². The van der Waals surface area contributed by atoms with Crippen LogP contribution in [-0.2, 0) is 9.53 Å². The fourth-order valence-corrected chi connectivity index (χ4v) is 7.37. The number of hydrogen-bond donors (Lipinski definition) is 4. The molecular weight excluding hydrogens is 372 g/mol. The number of aliphatic hydroxyl groups is 4. The maximum atomic E-state index is 11.4. The molecule has 0 radical (unpaired) electrons. The van der Waals surface area contributed by atoms with Crippen molar-refractivity contribution in [1.29, 1.82) is 0 Å². The molecule has 4 aliphatic carbocycles. The summed E-state index contributed by atoms with van der Waals surface area (Å²) in [5.41, 5.74) is -1.77. The first-order valence-electron chi connectivity index (χ1n) is 10.7. The van der Waals surface area contributed by atoms with Gasteiger partial charge in [-0.15, -0.1) is 6.42 Å². The average molecular weight is 405 g/mol. The summed E-state index contributed by atoms with van der Waals surface area (Å²) in [4.78, 5) is 11.4. The number of rotatable bonds is 1. The Kier molecular flexibility index (Phi) is 4.62.